The van der Waals surface area contributed by atoms with Gasteiger partial charge in [0.25, 0.3) is 0 Å². The molecule has 0 spiro atoms. The van der Waals surface area contributed by atoms with Crippen LogP contribution in [0.1, 0.15) is 23.2 Å². The van der Waals surface area contributed by atoms with Crippen molar-refractivity contribution in [2.45, 2.75) is 26.0 Å². The van der Waals surface area contributed by atoms with Crippen LogP contribution in [-0.4, -0.2) is 23.0 Å². The highest BCUT2D eigenvalue weighted by atomic mass is 32.2. The summed E-state index contributed by atoms with van der Waals surface area (Å²) in [7, 11) is 1.66. The second-order valence-electron chi connectivity index (χ2n) is 5.19. The van der Waals surface area contributed by atoms with Crippen molar-refractivity contribution >= 4 is 22.6 Å². The predicted octanol–water partition coefficient (Wildman–Crippen LogP) is 2.85. The molecule has 0 unspecified atom stereocenters. The number of allylic oxidation sites excluding steroid dienone is 2. The zero-order chi connectivity index (χ0) is 15.7. The van der Waals surface area contributed by atoms with Crippen molar-refractivity contribution in [3.05, 3.63) is 56.8 Å². The van der Waals surface area contributed by atoms with Crippen LogP contribution in [0.25, 0.3) is 0 Å². The van der Waals surface area contributed by atoms with Crippen LogP contribution in [0.4, 0.5) is 0 Å². The Hall–Kier alpha value is -2.08. The van der Waals surface area contributed by atoms with Crippen molar-refractivity contribution in [2.24, 2.45) is 9.98 Å². The van der Waals surface area contributed by atoms with E-state index in [0.717, 1.165) is 45.6 Å². The summed E-state index contributed by atoms with van der Waals surface area (Å²) in [6.07, 6.45) is 6.44. The third-order valence-electron chi connectivity index (χ3n) is 3.71. The van der Waals surface area contributed by atoms with Crippen molar-refractivity contribution in [3.63, 3.8) is 0 Å². The van der Waals surface area contributed by atoms with E-state index in [1.165, 1.54) is 11.8 Å². The molecule has 0 atom stereocenters. The third kappa shape index (κ3) is 2.78. The van der Waals surface area contributed by atoms with Crippen molar-refractivity contribution in [1.82, 2.24) is 4.98 Å². The van der Waals surface area contributed by atoms with Crippen LogP contribution >= 0.6 is 11.8 Å². The molecule has 114 valence electrons. The summed E-state index contributed by atoms with van der Waals surface area (Å²) in [6.45, 7) is 3.66. The molecule has 0 fully saturated rings. The van der Waals surface area contributed by atoms with Crippen LogP contribution in [0.15, 0.2) is 44.6 Å². The molecular weight excluding hydrogens is 298 g/mol. The number of methoxy groups -OCH3 is 1. The van der Waals surface area contributed by atoms with Gasteiger partial charge in [-0.2, -0.15) is 0 Å². The van der Waals surface area contributed by atoms with E-state index in [1.807, 2.05) is 26.0 Å². The molecule has 6 heteroatoms. The molecular formula is C16H17N3O2S. The number of nitrogens with zero attached hydrogens (tertiary/aromatic N) is 2. The van der Waals surface area contributed by atoms with Crippen LogP contribution < -0.4 is 5.43 Å². The molecule has 0 amide bonds. The Labute approximate surface area is 132 Å². The van der Waals surface area contributed by atoms with Gasteiger partial charge < -0.3 is 9.72 Å². The van der Waals surface area contributed by atoms with Gasteiger partial charge in [-0.3, -0.25) is 4.79 Å². The lowest BCUT2D eigenvalue weighted by Gasteiger charge is -2.08. The molecule has 1 aliphatic heterocycles. The van der Waals surface area contributed by atoms with E-state index in [-0.39, 0.29) is 5.43 Å². The summed E-state index contributed by atoms with van der Waals surface area (Å²) in [6, 6.07) is 0. The Morgan fingerprint density at radius 2 is 2.18 bits per heavy atom. The molecule has 5 nitrogen and oxygen atoms in total. The zero-order valence-corrected chi connectivity index (χ0v) is 13.6. The number of aromatic nitrogens is 1. The maximum Gasteiger partial charge on any atom is 0.189 e. The number of amidine groups is 1. The molecule has 0 aromatic carbocycles. The largest absolute Gasteiger partial charge is 0.501 e. The van der Waals surface area contributed by atoms with E-state index in [0.29, 0.717) is 5.75 Å². The van der Waals surface area contributed by atoms with Gasteiger partial charge >= 0.3 is 0 Å². The highest BCUT2D eigenvalue weighted by Crippen LogP contribution is 2.26. The third-order valence-corrected chi connectivity index (χ3v) is 4.58. The Kier molecular flexibility index (Phi) is 4.02. The number of thioether (sulfide) groups is 1. The number of aliphatic imine (C=N–C) groups is 2. The van der Waals surface area contributed by atoms with Gasteiger partial charge in [0, 0.05) is 41.3 Å². The fraction of sp³-hybridized carbons (Fsp3) is 0.312. The molecule has 1 N–H and O–H groups in total. The summed E-state index contributed by atoms with van der Waals surface area (Å²) in [4.78, 5) is 24.1. The number of ether oxygens (including phenoxy) is 1. The molecule has 3 rings (SSSR count). The molecule has 0 bridgehead atoms. The van der Waals surface area contributed by atoms with Gasteiger partial charge in [0.05, 0.1) is 18.5 Å². The number of pyridine rings is 1. The first-order chi connectivity index (χ1) is 10.6. The highest BCUT2D eigenvalue weighted by molar-refractivity contribution is 8.13. The monoisotopic (exact) mass is 315 g/mol. The minimum atomic E-state index is 0.0954. The van der Waals surface area contributed by atoms with Gasteiger partial charge in [0.1, 0.15) is 5.76 Å². The highest BCUT2D eigenvalue weighted by Gasteiger charge is 2.19. The van der Waals surface area contributed by atoms with E-state index in [2.05, 4.69) is 15.0 Å². The number of H-pyrrole nitrogens is 1. The first kappa shape index (κ1) is 14.8. The maximum atomic E-state index is 11.9. The fourth-order valence-corrected chi connectivity index (χ4v) is 3.21. The van der Waals surface area contributed by atoms with Crippen LogP contribution in [-0.2, 0) is 10.5 Å². The number of aryl methyl sites for hydroxylation is 1. The van der Waals surface area contributed by atoms with Crippen LogP contribution in [0, 0.1) is 13.8 Å². The maximum absolute atomic E-state index is 11.9. The molecule has 22 heavy (non-hydrogen) atoms. The second-order valence-corrected chi connectivity index (χ2v) is 6.14. The zero-order valence-electron chi connectivity index (χ0n) is 12.8. The summed E-state index contributed by atoms with van der Waals surface area (Å²) in [5, 5.41) is 0.718. The van der Waals surface area contributed by atoms with E-state index in [1.54, 1.807) is 13.3 Å². The predicted molar refractivity (Wildman–Crippen MR) is 90.5 cm³/mol. The van der Waals surface area contributed by atoms with Gasteiger partial charge in [0.2, 0.25) is 0 Å². The molecule has 0 saturated heterocycles. The molecule has 1 aromatic rings. The summed E-state index contributed by atoms with van der Waals surface area (Å²) < 4.78 is 5.24. The van der Waals surface area contributed by atoms with Crippen LogP contribution in [0.5, 0.6) is 0 Å². The lowest BCUT2D eigenvalue weighted by Crippen LogP contribution is -2.12. The minimum Gasteiger partial charge on any atom is -0.501 e. The quantitative estimate of drug-likeness (QED) is 0.932. The molecule has 1 aromatic heterocycles. The average molecular weight is 315 g/mol. The van der Waals surface area contributed by atoms with Gasteiger partial charge in [-0.05, 0) is 19.9 Å². The molecule has 0 saturated carbocycles. The van der Waals surface area contributed by atoms with Crippen molar-refractivity contribution < 1.29 is 4.74 Å². The Bertz CT molecular complexity index is 800. The molecule has 1 aliphatic carbocycles. The number of rotatable bonds is 3. The first-order valence-electron chi connectivity index (χ1n) is 7.01. The first-order valence-corrected chi connectivity index (χ1v) is 8.00. The number of aromatic amines is 1. The lowest BCUT2D eigenvalue weighted by molar-refractivity contribution is 0.285. The standard InChI is InChI=1S/C16H17N3O2S/c1-9-7-17-14(10(2)15(9)20)8-22-16-18-12-5-4-11(21-3)6-13(12)19-16/h5-7H,4,8H2,1-3H3,(H,17,20). The van der Waals surface area contributed by atoms with Crippen LogP contribution in [0.3, 0.4) is 0 Å². The SMILES string of the molecule is COC1=CC2=NC(SCc3[nH]cc(C)c(=O)c3C)=NC2=CC1. The fourth-order valence-electron chi connectivity index (χ4n) is 2.31. The topological polar surface area (TPSA) is 66.8 Å². The molecule has 2 heterocycles. The van der Waals surface area contributed by atoms with Gasteiger partial charge in [-0.15, -0.1) is 0 Å². The Morgan fingerprint density at radius 3 is 2.95 bits per heavy atom. The van der Waals surface area contributed by atoms with Crippen molar-refractivity contribution in [3.8, 4) is 0 Å². The van der Waals surface area contributed by atoms with Crippen molar-refractivity contribution in [2.75, 3.05) is 7.11 Å². The van der Waals surface area contributed by atoms with Gasteiger partial charge in [-0.25, -0.2) is 9.98 Å². The molecule has 2 aliphatic rings. The summed E-state index contributed by atoms with van der Waals surface area (Å²) in [5.74, 6) is 1.54. The lowest BCUT2D eigenvalue weighted by atomic mass is 10.1. The number of fused-ring (bicyclic) bond motifs is 1. The second kappa shape index (κ2) is 5.96. The smallest absolute Gasteiger partial charge is 0.189 e. The van der Waals surface area contributed by atoms with Crippen molar-refractivity contribution in [1.29, 1.82) is 0 Å². The number of hydrogen-bond acceptors (Lipinski definition) is 5. The minimum absolute atomic E-state index is 0.0954. The Morgan fingerprint density at radius 1 is 1.36 bits per heavy atom. The molecule has 0 radical (unpaired) electrons. The van der Waals surface area contributed by atoms with Gasteiger partial charge in [-0.1, -0.05) is 11.8 Å². The van der Waals surface area contributed by atoms with E-state index >= 15 is 0 Å². The average Bonchev–Trinajstić information content (AvgIpc) is 2.93. The number of hydrogen-bond donors (Lipinski definition) is 1. The van der Waals surface area contributed by atoms with E-state index in [4.69, 9.17) is 4.74 Å². The summed E-state index contributed by atoms with van der Waals surface area (Å²) >= 11 is 1.52. The summed E-state index contributed by atoms with van der Waals surface area (Å²) in [5.41, 5.74) is 4.26. The normalized spacial score (nSPS) is 16.5. The van der Waals surface area contributed by atoms with Gasteiger partial charge in [0.15, 0.2) is 10.6 Å². The van der Waals surface area contributed by atoms with Crippen LogP contribution in [0.2, 0.25) is 0 Å². The number of nitrogens with one attached hydrogen (secondary N) is 1. The van der Waals surface area contributed by atoms with E-state index < -0.39 is 0 Å². The Balaban J connectivity index is 1.74. The van der Waals surface area contributed by atoms with E-state index in [9.17, 15) is 4.79 Å².